The molecule has 17 nitrogen and oxygen atoms in total. The van der Waals surface area contributed by atoms with Crippen LogP contribution in [0.3, 0.4) is 0 Å². The van der Waals surface area contributed by atoms with E-state index in [1.54, 1.807) is 0 Å². The van der Waals surface area contributed by atoms with Gasteiger partial charge in [0.05, 0.1) is 26.4 Å². The van der Waals surface area contributed by atoms with Crippen LogP contribution in [0.1, 0.15) is 363 Å². The number of aliphatic hydroxyl groups is 1. The molecule has 0 saturated heterocycles. The number of phosphoric ester groups is 2. The van der Waals surface area contributed by atoms with E-state index >= 15 is 0 Å². The van der Waals surface area contributed by atoms with Crippen molar-refractivity contribution in [2.24, 2.45) is 11.8 Å². The molecular weight excluding hydrogens is 1190 g/mol. The molecule has 0 spiro atoms. The smallest absolute Gasteiger partial charge is 0.462 e. The van der Waals surface area contributed by atoms with Crippen LogP contribution in [-0.4, -0.2) is 96.7 Å². The zero-order chi connectivity index (χ0) is 66.5. The zero-order valence-electron chi connectivity index (χ0n) is 58.4. The van der Waals surface area contributed by atoms with Crippen molar-refractivity contribution in [2.75, 3.05) is 39.6 Å². The summed E-state index contributed by atoms with van der Waals surface area (Å²) in [5.74, 6) is -0.571. The first-order valence-electron chi connectivity index (χ1n) is 37.0. The molecule has 0 aliphatic heterocycles. The van der Waals surface area contributed by atoms with Gasteiger partial charge in [-0.1, -0.05) is 311 Å². The Morgan fingerprint density at radius 2 is 0.511 bits per heavy atom. The van der Waals surface area contributed by atoms with Crippen LogP contribution in [0.4, 0.5) is 0 Å². The molecule has 0 fully saturated rings. The summed E-state index contributed by atoms with van der Waals surface area (Å²) in [6.07, 6.45) is 48.6. The SMILES string of the molecule is CCCCCCCCCCCCC(=O)O[C@H](COC(=O)CCCCCCCCCCC)COP(=O)(O)OC[C@H](O)COP(=O)(O)OC[C@@H](COC(=O)CCCCCCCCCCCC(C)C)OC(=O)CCCCCCCCCCCCCCCCCCC(C)C. The Hall–Kier alpha value is -1.94. The molecule has 534 valence electrons. The molecule has 5 atom stereocenters. The lowest BCUT2D eigenvalue weighted by molar-refractivity contribution is -0.161. The molecule has 0 bridgehead atoms. The van der Waals surface area contributed by atoms with Gasteiger partial charge in [-0.15, -0.1) is 0 Å². The number of carbonyl (C=O) groups excluding carboxylic acids is 4. The van der Waals surface area contributed by atoms with E-state index in [1.165, 1.54) is 180 Å². The third-order valence-corrected chi connectivity index (χ3v) is 18.4. The first-order chi connectivity index (χ1) is 43.4. The minimum Gasteiger partial charge on any atom is -0.462 e. The largest absolute Gasteiger partial charge is 0.472 e. The highest BCUT2D eigenvalue weighted by Gasteiger charge is 2.30. The minimum atomic E-state index is -4.95. The molecule has 3 N–H and O–H groups in total. The maximum Gasteiger partial charge on any atom is 0.472 e. The normalized spacial score (nSPS) is 14.1. The predicted molar refractivity (Wildman–Crippen MR) is 363 cm³/mol. The van der Waals surface area contributed by atoms with Crippen molar-refractivity contribution in [1.29, 1.82) is 0 Å². The number of hydrogen-bond donors (Lipinski definition) is 3. The Labute approximate surface area is 549 Å². The van der Waals surface area contributed by atoms with Crippen molar-refractivity contribution in [3.8, 4) is 0 Å². The van der Waals surface area contributed by atoms with Crippen LogP contribution in [0.5, 0.6) is 0 Å². The van der Waals surface area contributed by atoms with Gasteiger partial charge in [0.15, 0.2) is 12.2 Å². The maximum absolute atomic E-state index is 13.0. The van der Waals surface area contributed by atoms with Crippen LogP contribution in [0.25, 0.3) is 0 Å². The Bertz CT molecular complexity index is 1750. The summed E-state index contributed by atoms with van der Waals surface area (Å²) in [6, 6.07) is 0. The van der Waals surface area contributed by atoms with Crippen LogP contribution >= 0.6 is 15.6 Å². The van der Waals surface area contributed by atoms with E-state index in [2.05, 4.69) is 41.5 Å². The van der Waals surface area contributed by atoms with E-state index in [0.717, 1.165) is 102 Å². The first kappa shape index (κ1) is 88.1. The average Bonchev–Trinajstić information content (AvgIpc) is 2.97. The highest BCUT2D eigenvalue weighted by atomic mass is 31.2. The van der Waals surface area contributed by atoms with Crippen LogP contribution < -0.4 is 0 Å². The number of unbranched alkanes of at least 4 members (excludes halogenated alkanes) is 40. The van der Waals surface area contributed by atoms with Gasteiger partial charge in [-0.2, -0.15) is 0 Å². The highest BCUT2D eigenvalue weighted by molar-refractivity contribution is 7.47. The number of ether oxygens (including phenoxy) is 4. The van der Waals surface area contributed by atoms with Gasteiger partial charge >= 0.3 is 39.5 Å². The van der Waals surface area contributed by atoms with Crippen molar-refractivity contribution in [3.63, 3.8) is 0 Å². The fourth-order valence-electron chi connectivity index (χ4n) is 10.8. The van der Waals surface area contributed by atoms with E-state index in [4.69, 9.17) is 37.0 Å². The Balaban J connectivity index is 5.19. The van der Waals surface area contributed by atoms with Crippen molar-refractivity contribution in [1.82, 2.24) is 0 Å². The number of hydrogen-bond acceptors (Lipinski definition) is 15. The van der Waals surface area contributed by atoms with Crippen LogP contribution in [-0.2, 0) is 65.4 Å². The summed E-state index contributed by atoms with van der Waals surface area (Å²) in [7, 11) is -9.90. The second-order valence-corrected chi connectivity index (χ2v) is 29.5. The monoisotopic (exact) mass is 1320 g/mol. The number of esters is 4. The Morgan fingerprint density at radius 3 is 0.756 bits per heavy atom. The fourth-order valence-corrected chi connectivity index (χ4v) is 12.3. The summed E-state index contributed by atoms with van der Waals surface area (Å²) in [4.78, 5) is 72.5. The predicted octanol–water partition coefficient (Wildman–Crippen LogP) is 20.4. The Morgan fingerprint density at radius 1 is 0.300 bits per heavy atom. The third kappa shape index (κ3) is 64.8. The van der Waals surface area contributed by atoms with E-state index in [9.17, 15) is 43.2 Å². The van der Waals surface area contributed by atoms with E-state index < -0.39 is 97.5 Å². The number of aliphatic hydroxyl groups excluding tert-OH is 1. The van der Waals surface area contributed by atoms with E-state index in [0.29, 0.717) is 25.7 Å². The van der Waals surface area contributed by atoms with E-state index in [1.807, 2.05) is 0 Å². The van der Waals surface area contributed by atoms with Gasteiger partial charge in [-0.05, 0) is 37.5 Å². The average molecular weight is 1330 g/mol. The van der Waals surface area contributed by atoms with Gasteiger partial charge in [-0.3, -0.25) is 37.3 Å². The molecule has 0 aliphatic carbocycles. The first-order valence-corrected chi connectivity index (χ1v) is 40.0. The van der Waals surface area contributed by atoms with Gasteiger partial charge in [0.1, 0.15) is 19.3 Å². The number of phosphoric acid groups is 2. The standard InChI is InChI=1S/C71H138O17P2/c1-7-9-11-13-15-17-30-37-43-49-55-70(75)87-66(59-81-68(73)53-47-41-35-27-16-14-12-10-8-2)61-85-89(77,78)83-57-65(72)58-84-90(79,80)86-62-67(60-82-69(74)54-48-42-36-32-26-29-34-40-46-52-64(5)6)88-71(76)56-50-44-38-31-25-23-21-19-18-20-22-24-28-33-39-45-51-63(3)4/h63-67,72H,7-62H2,1-6H3,(H,77,78)(H,79,80)/t65-,66+,67+/m0/s1. The lowest BCUT2D eigenvalue weighted by atomic mass is 10.0. The molecule has 0 rings (SSSR count). The molecule has 0 radical (unpaired) electrons. The summed E-state index contributed by atoms with van der Waals surface area (Å²) >= 11 is 0. The molecule has 0 heterocycles. The van der Waals surface area contributed by atoms with Crippen LogP contribution in [0, 0.1) is 11.8 Å². The van der Waals surface area contributed by atoms with Gasteiger partial charge in [-0.25, -0.2) is 9.13 Å². The molecule has 0 aromatic heterocycles. The van der Waals surface area contributed by atoms with Crippen molar-refractivity contribution < 1.29 is 80.2 Å². The van der Waals surface area contributed by atoms with Crippen molar-refractivity contribution >= 4 is 39.5 Å². The third-order valence-electron chi connectivity index (χ3n) is 16.5. The van der Waals surface area contributed by atoms with Crippen LogP contribution in [0.15, 0.2) is 0 Å². The zero-order valence-corrected chi connectivity index (χ0v) is 60.2. The molecule has 0 aliphatic rings. The van der Waals surface area contributed by atoms with E-state index in [-0.39, 0.29) is 25.7 Å². The number of rotatable bonds is 70. The minimum absolute atomic E-state index is 0.106. The second-order valence-electron chi connectivity index (χ2n) is 26.6. The molecule has 0 amide bonds. The highest BCUT2D eigenvalue weighted by Crippen LogP contribution is 2.45. The van der Waals surface area contributed by atoms with Crippen LogP contribution in [0.2, 0.25) is 0 Å². The molecule has 0 aromatic carbocycles. The molecule has 0 aromatic rings. The summed E-state index contributed by atoms with van der Waals surface area (Å²) < 4.78 is 68.2. The summed E-state index contributed by atoms with van der Waals surface area (Å²) in [5.41, 5.74) is 0. The molecule has 19 heteroatoms. The maximum atomic E-state index is 13.0. The lowest BCUT2D eigenvalue weighted by Gasteiger charge is -2.21. The topological polar surface area (TPSA) is 237 Å². The van der Waals surface area contributed by atoms with Gasteiger partial charge in [0.25, 0.3) is 0 Å². The molecule has 2 unspecified atom stereocenters. The fraction of sp³-hybridized carbons (Fsp3) is 0.944. The lowest BCUT2D eigenvalue weighted by Crippen LogP contribution is -2.30. The second kappa shape index (κ2) is 63.1. The Kier molecular flexibility index (Phi) is 61.8. The van der Waals surface area contributed by atoms with Gasteiger partial charge in [0, 0.05) is 25.7 Å². The quantitative estimate of drug-likeness (QED) is 0.0222. The summed E-state index contributed by atoms with van der Waals surface area (Å²) in [5, 5.41) is 10.6. The van der Waals surface area contributed by atoms with Gasteiger partial charge < -0.3 is 33.8 Å². The van der Waals surface area contributed by atoms with Crippen molar-refractivity contribution in [3.05, 3.63) is 0 Å². The number of carbonyl (C=O) groups is 4. The molecule has 90 heavy (non-hydrogen) atoms. The summed E-state index contributed by atoms with van der Waals surface area (Å²) in [6.45, 7) is 9.54. The van der Waals surface area contributed by atoms with Crippen molar-refractivity contribution in [2.45, 2.75) is 381 Å². The molecule has 0 saturated carbocycles. The van der Waals surface area contributed by atoms with Gasteiger partial charge in [0.2, 0.25) is 0 Å². The molecular formula is C71H138O17P2.